The van der Waals surface area contributed by atoms with Crippen LogP contribution in [-0.4, -0.2) is 23.1 Å². The van der Waals surface area contributed by atoms with Crippen LogP contribution in [0.3, 0.4) is 0 Å². The largest absolute Gasteiger partial charge is 0.490 e. The Hall–Kier alpha value is -1.63. The molecule has 0 heterocycles. The number of hydrogen-bond acceptors (Lipinski definition) is 4. The third-order valence-electron chi connectivity index (χ3n) is 1.98. The van der Waals surface area contributed by atoms with Crippen molar-refractivity contribution in [2.45, 2.75) is 5.33 Å². The number of nitrogens with zero attached hydrogens (tertiary/aromatic N) is 1. The Kier molecular flexibility index (Phi) is 3.83. The fourth-order valence-corrected chi connectivity index (χ4v) is 1.69. The maximum atomic E-state index is 10.9. The summed E-state index contributed by atoms with van der Waals surface area (Å²) in [7, 11) is 1.25. The molecule has 16 heavy (non-hydrogen) atoms. The molecule has 0 aliphatic rings. The summed E-state index contributed by atoms with van der Waals surface area (Å²) in [5.41, 5.74) is 0.0706. The van der Waals surface area contributed by atoms with Gasteiger partial charge in [-0.3, -0.25) is 10.1 Å². The van der Waals surface area contributed by atoms with E-state index >= 15 is 0 Å². The molecule has 0 unspecified atom stereocenters. The van der Waals surface area contributed by atoms with Crippen LogP contribution < -0.4 is 4.74 Å². The third kappa shape index (κ3) is 2.30. The number of carboxylic acid groups (broad SMARTS) is 1. The van der Waals surface area contributed by atoms with Crippen LogP contribution in [0, 0.1) is 10.1 Å². The van der Waals surface area contributed by atoms with Gasteiger partial charge in [-0.05, 0) is 5.56 Å². The lowest BCUT2D eigenvalue weighted by Crippen LogP contribution is -2.04. The Morgan fingerprint density at radius 2 is 2.25 bits per heavy atom. The van der Waals surface area contributed by atoms with Gasteiger partial charge in [0, 0.05) is 17.5 Å². The molecule has 0 saturated carbocycles. The molecule has 1 aromatic rings. The Morgan fingerprint density at radius 1 is 1.62 bits per heavy atom. The Morgan fingerprint density at radius 3 is 2.62 bits per heavy atom. The second kappa shape index (κ2) is 4.93. The molecular weight excluding hydrogens is 282 g/mol. The lowest BCUT2D eigenvalue weighted by Gasteiger charge is -2.06. The highest BCUT2D eigenvalue weighted by atomic mass is 79.9. The van der Waals surface area contributed by atoms with Crippen molar-refractivity contribution in [2.24, 2.45) is 0 Å². The average Bonchev–Trinajstić information content (AvgIpc) is 2.26. The normalized spacial score (nSPS) is 9.88. The molecule has 0 radical (unpaired) electrons. The summed E-state index contributed by atoms with van der Waals surface area (Å²) >= 11 is 3.08. The second-order valence-corrected chi connectivity index (χ2v) is 3.44. The first-order valence-corrected chi connectivity index (χ1v) is 5.28. The number of ether oxygens (including phenoxy) is 1. The maximum absolute atomic E-state index is 10.9. The molecule has 0 bridgehead atoms. The lowest BCUT2D eigenvalue weighted by atomic mass is 10.1. The number of aromatic carboxylic acids is 1. The van der Waals surface area contributed by atoms with Crippen LogP contribution >= 0.6 is 15.9 Å². The SMILES string of the molecule is COc1cc(C(=O)O)c(CBr)cc1[N+](=O)[O-]. The van der Waals surface area contributed by atoms with Crippen molar-refractivity contribution in [3.05, 3.63) is 33.4 Å². The van der Waals surface area contributed by atoms with Gasteiger partial charge in [-0.25, -0.2) is 4.79 Å². The number of rotatable bonds is 4. The minimum absolute atomic E-state index is 0.0145. The van der Waals surface area contributed by atoms with Crippen molar-refractivity contribution in [2.75, 3.05) is 7.11 Å². The zero-order valence-corrected chi connectivity index (χ0v) is 9.85. The Bertz CT molecular complexity index is 404. The molecule has 0 aliphatic carbocycles. The Balaban J connectivity index is 3.46. The van der Waals surface area contributed by atoms with Crippen LogP contribution in [0.4, 0.5) is 5.69 Å². The van der Waals surface area contributed by atoms with Gasteiger partial charge in [-0.2, -0.15) is 0 Å². The quantitative estimate of drug-likeness (QED) is 0.521. The van der Waals surface area contributed by atoms with E-state index in [1.165, 1.54) is 13.2 Å². The van der Waals surface area contributed by atoms with E-state index in [9.17, 15) is 14.9 Å². The van der Waals surface area contributed by atoms with Crippen LogP contribution in [0.5, 0.6) is 5.75 Å². The summed E-state index contributed by atoms with van der Waals surface area (Å²) in [5, 5.41) is 19.8. The van der Waals surface area contributed by atoms with Gasteiger partial charge in [0.15, 0.2) is 5.75 Å². The maximum Gasteiger partial charge on any atom is 0.336 e. The number of carbonyl (C=O) groups is 1. The molecular formula is C9H8BrNO5. The van der Waals surface area contributed by atoms with Crippen LogP contribution in [0.15, 0.2) is 12.1 Å². The van der Waals surface area contributed by atoms with Crippen LogP contribution in [-0.2, 0) is 5.33 Å². The summed E-state index contributed by atoms with van der Waals surface area (Å²) in [6, 6.07) is 2.34. The summed E-state index contributed by atoms with van der Waals surface area (Å²) < 4.78 is 4.78. The molecule has 86 valence electrons. The molecule has 0 fully saturated rings. The van der Waals surface area contributed by atoms with Crippen molar-refractivity contribution in [1.82, 2.24) is 0 Å². The highest BCUT2D eigenvalue weighted by Gasteiger charge is 2.21. The fourth-order valence-electron chi connectivity index (χ4n) is 1.23. The first kappa shape index (κ1) is 12.4. The second-order valence-electron chi connectivity index (χ2n) is 2.88. The van der Waals surface area contributed by atoms with Gasteiger partial charge >= 0.3 is 11.7 Å². The first-order valence-electron chi connectivity index (χ1n) is 4.15. The topological polar surface area (TPSA) is 89.7 Å². The molecule has 6 nitrogen and oxygen atoms in total. The molecule has 0 aliphatic heterocycles. The van der Waals surface area contributed by atoms with Crippen molar-refractivity contribution in [3.8, 4) is 5.75 Å². The zero-order chi connectivity index (χ0) is 12.3. The molecule has 1 N–H and O–H groups in total. The van der Waals surface area contributed by atoms with E-state index in [1.807, 2.05) is 0 Å². The molecule has 0 spiro atoms. The van der Waals surface area contributed by atoms with Gasteiger partial charge in [-0.1, -0.05) is 15.9 Å². The highest BCUT2D eigenvalue weighted by molar-refractivity contribution is 9.08. The molecule has 0 aromatic heterocycles. The molecule has 1 aromatic carbocycles. The fraction of sp³-hybridized carbons (Fsp3) is 0.222. The van der Waals surface area contributed by atoms with E-state index in [0.29, 0.717) is 5.56 Å². The van der Waals surface area contributed by atoms with Crippen molar-refractivity contribution >= 4 is 27.6 Å². The standard InChI is InChI=1S/C9H8BrNO5/c1-16-8-3-6(9(12)13)5(4-10)2-7(8)11(14)15/h2-3H,4H2,1H3,(H,12,13). The lowest BCUT2D eigenvalue weighted by molar-refractivity contribution is -0.385. The van der Waals surface area contributed by atoms with Gasteiger partial charge in [-0.15, -0.1) is 0 Å². The molecule has 0 amide bonds. The number of alkyl halides is 1. The average molecular weight is 290 g/mol. The van der Waals surface area contributed by atoms with Crippen molar-refractivity contribution in [1.29, 1.82) is 0 Å². The van der Waals surface area contributed by atoms with Crippen molar-refractivity contribution in [3.63, 3.8) is 0 Å². The Labute approximate surface area is 99.1 Å². The van der Waals surface area contributed by atoms with Crippen LogP contribution in [0.2, 0.25) is 0 Å². The van der Waals surface area contributed by atoms with E-state index in [0.717, 1.165) is 6.07 Å². The number of nitro groups is 1. The monoisotopic (exact) mass is 289 g/mol. The number of hydrogen-bond donors (Lipinski definition) is 1. The van der Waals surface area contributed by atoms with Crippen LogP contribution in [0.1, 0.15) is 15.9 Å². The summed E-state index contributed by atoms with van der Waals surface area (Å²) in [6.45, 7) is 0. The van der Waals surface area contributed by atoms with Gasteiger partial charge in [0.2, 0.25) is 0 Å². The van der Waals surface area contributed by atoms with Crippen LogP contribution in [0.25, 0.3) is 0 Å². The van der Waals surface area contributed by atoms with E-state index in [2.05, 4.69) is 15.9 Å². The number of benzene rings is 1. The van der Waals surface area contributed by atoms with E-state index < -0.39 is 10.9 Å². The minimum atomic E-state index is -1.15. The van der Waals surface area contributed by atoms with E-state index in [-0.39, 0.29) is 22.3 Å². The van der Waals surface area contributed by atoms with E-state index in [1.54, 1.807) is 0 Å². The van der Waals surface area contributed by atoms with Gasteiger partial charge in [0.25, 0.3) is 0 Å². The summed E-state index contributed by atoms with van der Waals surface area (Å²) in [6.07, 6.45) is 0. The predicted octanol–water partition coefficient (Wildman–Crippen LogP) is 2.20. The smallest absolute Gasteiger partial charge is 0.336 e. The van der Waals surface area contributed by atoms with Gasteiger partial charge in [0.05, 0.1) is 17.6 Å². The zero-order valence-electron chi connectivity index (χ0n) is 8.27. The number of methoxy groups -OCH3 is 1. The summed E-state index contributed by atoms with van der Waals surface area (Å²) in [5.74, 6) is -1.21. The van der Waals surface area contributed by atoms with Crippen molar-refractivity contribution < 1.29 is 19.6 Å². The molecule has 0 saturated heterocycles. The third-order valence-corrected chi connectivity index (χ3v) is 2.58. The minimum Gasteiger partial charge on any atom is -0.490 e. The van der Waals surface area contributed by atoms with Gasteiger partial charge in [0.1, 0.15) is 0 Å². The highest BCUT2D eigenvalue weighted by Crippen LogP contribution is 2.31. The van der Waals surface area contributed by atoms with E-state index in [4.69, 9.17) is 9.84 Å². The summed E-state index contributed by atoms with van der Waals surface area (Å²) in [4.78, 5) is 21.0. The molecule has 7 heteroatoms. The molecule has 1 rings (SSSR count). The molecule has 0 atom stereocenters. The number of carboxylic acids is 1. The number of nitro benzene ring substituents is 1. The van der Waals surface area contributed by atoms with Gasteiger partial charge < -0.3 is 9.84 Å². The number of halogens is 1. The first-order chi connectivity index (χ1) is 7.51. The predicted molar refractivity (Wildman–Crippen MR) is 59.2 cm³/mol.